The molecule has 5 heteroatoms. The van der Waals surface area contributed by atoms with Gasteiger partial charge in [-0.05, 0) is 38.0 Å². The van der Waals surface area contributed by atoms with Gasteiger partial charge in [0.1, 0.15) is 5.75 Å². The van der Waals surface area contributed by atoms with E-state index in [-0.39, 0.29) is 17.9 Å². The number of benzene rings is 1. The quantitative estimate of drug-likeness (QED) is 0.845. The van der Waals surface area contributed by atoms with Gasteiger partial charge < -0.3 is 15.8 Å². The summed E-state index contributed by atoms with van der Waals surface area (Å²) in [6.07, 6.45) is 0.906. The molecule has 112 valence electrons. The Morgan fingerprint density at radius 3 is 2.55 bits per heavy atom. The summed E-state index contributed by atoms with van der Waals surface area (Å²) in [5.74, 6) is 0.535. The van der Waals surface area contributed by atoms with E-state index in [9.17, 15) is 4.79 Å². The molecule has 0 heterocycles. The number of anilines is 1. The molecule has 1 unspecified atom stereocenters. The van der Waals surface area contributed by atoms with Crippen LogP contribution in [0.4, 0.5) is 5.69 Å². The average molecular weight is 299 g/mol. The fourth-order valence-electron chi connectivity index (χ4n) is 1.67. The first-order valence-corrected chi connectivity index (χ1v) is 7.25. The Balaban J connectivity index is 2.74. The van der Waals surface area contributed by atoms with Crippen molar-refractivity contribution in [2.45, 2.75) is 46.3 Å². The lowest BCUT2D eigenvalue weighted by atomic mass is 9.99. The van der Waals surface area contributed by atoms with Gasteiger partial charge in [-0.3, -0.25) is 4.79 Å². The second kappa shape index (κ2) is 7.50. The molecule has 0 aromatic heterocycles. The molecule has 0 saturated heterocycles. The topological polar surface area (TPSA) is 64.4 Å². The third-order valence-electron chi connectivity index (χ3n) is 3.12. The molecule has 1 aromatic rings. The number of carbonyl (C=O) groups is 1. The van der Waals surface area contributed by atoms with Gasteiger partial charge in [0, 0.05) is 5.69 Å². The average Bonchev–Trinajstić information content (AvgIpc) is 2.39. The lowest BCUT2D eigenvalue weighted by Gasteiger charge is -2.18. The van der Waals surface area contributed by atoms with E-state index in [0.717, 1.165) is 6.42 Å². The first kappa shape index (κ1) is 16.8. The molecule has 0 aliphatic heterocycles. The fourth-order valence-corrected chi connectivity index (χ4v) is 1.89. The molecular formula is C15H23ClN2O2. The van der Waals surface area contributed by atoms with Crippen LogP contribution < -0.4 is 15.8 Å². The Bertz CT molecular complexity index is 463. The molecule has 3 N–H and O–H groups in total. The molecule has 20 heavy (non-hydrogen) atoms. The van der Waals surface area contributed by atoms with Crippen LogP contribution in [-0.2, 0) is 4.79 Å². The maximum atomic E-state index is 12.0. The first-order valence-electron chi connectivity index (χ1n) is 6.87. The third kappa shape index (κ3) is 4.69. The van der Waals surface area contributed by atoms with Crippen molar-refractivity contribution < 1.29 is 9.53 Å². The number of hydrogen-bond acceptors (Lipinski definition) is 3. The molecular weight excluding hydrogens is 276 g/mol. The third-order valence-corrected chi connectivity index (χ3v) is 3.42. The van der Waals surface area contributed by atoms with Gasteiger partial charge in [-0.1, -0.05) is 31.9 Å². The van der Waals surface area contributed by atoms with E-state index in [1.54, 1.807) is 18.2 Å². The Kier molecular flexibility index (Phi) is 6.30. The fraction of sp³-hybridized carbons (Fsp3) is 0.533. The van der Waals surface area contributed by atoms with Crippen LogP contribution in [0.15, 0.2) is 18.2 Å². The van der Waals surface area contributed by atoms with Gasteiger partial charge in [-0.15, -0.1) is 0 Å². The first-order chi connectivity index (χ1) is 9.35. The van der Waals surface area contributed by atoms with Crippen LogP contribution in [0.1, 0.15) is 34.1 Å². The Morgan fingerprint density at radius 2 is 2.05 bits per heavy atom. The maximum Gasteiger partial charge on any atom is 0.241 e. The summed E-state index contributed by atoms with van der Waals surface area (Å²) in [7, 11) is 0. The van der Waals surface area contributed by atoms with Crippen LogP contribution in [0, 0.1) is 5.92 Å². The van der Waals surface area contributed by atoms with Crippen molar-refractivity contribution in [1.29, 1.82) is 0 Å². The zero-order chi connectivity index (χ0) is 15.3. The molecule has 0 radical (unpaired) electrons. The lowest BCUT2D eigenvalue weighted by Crippen LogP contribution is -2.40. The highest BCUT2D eigenvalue weighted by Gasteiger charge is 2.19. The van der Waals surface area contributed by atoms with Crippen LogP contribution in [0.2, 0.25) is 5.02 Å². The summed E-state index contributed by atoms with van der Waals surface area (Å²) in [5.41, 5.74) is 6.50. The Morgan fingerprint density at radius 1 is 1.40 bits per heavy atom. The van der Waals surface area contributed by atoms with Gasteiger partial charge >= 0.3 is 0 Å². The Labute approximate surface area is 125 Å². The predicted molar refractivity (Wildman–Crippen MR) is 83.3 cm³/mol. The zero-order valence-corrected chi connectivity index (χ0v) is 13.2. The van der Waals surface area contributed by atoms with Crippen molar-refractivity contribution in [3.63, 3.8) is 0 Å². The summed E-state index contributed by atoms with van der Waals surface area (Å²) in [4.78, 5) is 12.0. The highest BCUT2D eigenvalue weighted by molar-refractivity contribution is 6.32. The van der Waals surface area contributed by atoms with Crippen molar-refractivity contribution in [3.8, 4) is 5.75 Å². The molecule has 0 bridgehead atoms. The molecule has 1 amide bonds. The lowest BCUT2D eigenvalue weighted by molar-refractivity contribution is -0.118. The van der Waals surface area contributed by atoms with E-state index in [4.69, 9.17) is 22.1 Å². The van der Waals surface area contributed by atoms with Crippen LogP contribution in [-0.4, -0.2) is 18.1 Å². The number of hydrogen-bond donors (Lipinski definition) is 2. The SMILES string of the molecule is CCC(C)[C@H](N)C(=O)Nc1ccc(OC(C)C)c(Cl)c1. The van der Waals surface area contributed by atoms with Gasteiger partial charge in [0.05, 0.1) is 17.2 Å². The molecule has 1 aromatic carbocycles. The second-order valence-corrected chi connectivity index (χ2v) is 5.62. The number of nitrogens with two attached hydrogens (primary N) is 1. The van der Waals surface area contributed by atoms with Gasteiger partial charge in [-0.2, -0.15) is 0 Å². The molecule has 0 saturated carbocycles. The standard InChI is InChI=1S/C15H23ClN2O2/c1-5-10(4)14(17)15(19)18-11-6-7-13(12(16)8-11)20-9(2)3/h6-10,14H,5,17H2,1-4H3,(H,18,19)/t10?,14-/m0/s1. The van der Waals surface area contributed by atoms with Gasteiger partial charge in [0.15, 0.2) is 0 Å². The molecule has 2 atom stereocenters. The smallest absolute Gasteiger partial charge is 0.241 e. The van der Waals surface area contributed by atoms with Crippen molar-refractivity contribution in [3.05, 3.63) is 23.2 Å². The molecule has 0 aliphatic rings. The van der Waals surface area contributed by atoms with Gasteiger partial charge in [0.25, 0.3) is 0 Å². The number of carbonyl (C=O) groups excluding carboxylic acids is 1. The van der Waals surface area contributed by atoms with E-state index >= 15 is 0 Å². The predicted octanol–water partition coefficient (Wildman–Crippen LogP) is 3.44. The summed E-state index contributed by atoms with van der Waals surface area (Å²) >= 11 is 6.12. The van der Waals surface area contributed by atoms with Crippen molar-refractivity contribution in [2.24, 2.45) is 11.7 Å². The molecule has 1 rings (SSSR count). The zero-order valence-electron chi connectivity index (χ0n) is 12.4. The molecule has 0 fully saturated rings. The number of halogens is 1. The molecule has 0 aliphatic carbocycles. The normalized spacial score (nSPS) is 13.9. The van der Waals surface area contributed by atoms with Crippen molar-refractivity contribution >= 4 is 23.2 Å². The summed E-state index contributed by atoms with van der Waals surface area (Å²) in [5, 5.41) is 3.24. The Hall–Kier alpha value is -1.26. The van der Waals surface area contributed by atoms with E-state index < -0.39 is 6.04 Å². The summed E-state index contributed by atoms with van der Waals surface area (Å²) in [6.45, 7) is 7.82. The van der Waals surface area contributed by atoms with Gasteiger partial charge in [0.2, 0.25) is 5.91 Å². The van der Waals surface area contributed by atoms with E-state index in [2.05, 4.69) is 5.32 Å². The number of ether oxygens (including phenoxy) is 1. The van der Waals surface area contributed by atoms with Gasteiger partial charge in [-0.25, -0.2) is 0 Å². The minimum Gasteiger partial charge on any atom is -0.489 e. The summed E-state index contributed by atoms with van der Waals surface area (Å²) < 4.78 is 5.54. The van der Waals surface area contributed by atoms with Crippen LogP contribution in [0.5, 0.6) is 5.75 Å². The molecule has 0 spiro atoms. The van der Waals surface area contributed by atoms with E-state index in [0.29, 0.717) is 16.5 Å². The highest BCUT2D eigenvalue weighted by atomic mass is 35.5. The van der Waals surface area contributed by atoms with E-state index in [1.807, 2.05) is 27.7 Å². The van der Waals surface area contributed by atoms with Crippen LogP contribution in [0.3, 0.4) is 0 Å². The highest BCUT2D eigenvalue weighted by Crippen LogP contribution is 2.28. The van der Waals surface area contributed by atoms with Crippen LogP contribution >= 0.6 is 11.6 Å². The summed E-state index contributed by atoms with van der Waals surface area (Å²) in [6, 6.07) is 4.64. The minimum absolute atomic E-state index is 0.0479. The van der Waals surface area contributed by atoms with Crippen LogP contribution in [0.25, 0.3) is 0 Å². The number of nitrogens with one attached hydrogen (secondary N) is 1. The maximum absolute atomic E-state index is 12.0. The van der Waals surface area contributed by atoms with E-state index in [1.165, 1.54) is 0 Å². The number of amides is 1. The second-order valence-electron chi connectivity index (χ2n) is 5.21. The largest absolute Gasteiger partial charge is 0.489 e. The minimum atomic E-state index is -0.523. The van der Waals surface area contributed by atoms with Crippen molar-refractivity contribution in [1.82, 2.24) is 0 Å². The monoisotopic (exact) mass is 298 g/mol. The molecule has 4 nitrogen and oxygen atoms in total. The van der Waals surface area contributed by atoms with Crippen molar-refractivity contribution in [2.75, 3.05) is 5.32 Å². The number of rotatable bonds is 6.